The molecular formula is C12H21NO4. The van der Waals surface area contributed by atoms with Gasteiger partial charge in [0, 0.05) is 6.04 Å². The van der Waals surface area contributed by atoms with Crippen molar-refractivity contribution in [1.82, 2.24) is 4.90 Å². The highest BCUT2D eigenvalue weighted by Crippen LogP contribution is 2.28. The first-order valence-corrected chi connectivity index (χ1v) is 6.18. The van der Waals surface area contributed by atoms with Crippen molar-refractivity contribution in [2.45, 2.75) is 45.7 Å². The van der Waals surface area contributed by atoms with Gasteiger partial charge in [-0.2, -0.15) is 0 Å². The number of carbonyl (C=O) groups is 2. The number of carbonyl (C=O) groups excluding carboxylic acids is 2. The molecule has 1 atom stereocenters. The summed E-state index contributed by atoms with van der Waals surface area (Å²) in [6.45, 7) is 6.21. The maximum Gasteiger partial charge on any atom is 0.323 e. The van der Waals surface area contributed by atoms with E-state index in [0.717, 1.165) is 12.8 Å². The molecule has 17 heavy (non-hydrogen) atoms. The molecule has 1 fully saturated rings. The maximum atomic E-state index is 11.6. The first kappa shape index (κ1) is 14.0. The van der Waals surface area contributed by atoms with E-state index in [9.17, 15) is 9.59 Å². The quantitative estimate of drug-likeness (QED) is 0.623. The zero-order chi connectivity index (χ0) is 12.8. The minimum atomic E-state index is -0.383. The van der Waals surface area contributed by atoms with E-state index in [4.69, 9.17) is 9.47 Å². The van der Waals surface area contributed by atoms with Crippen LogP contribution in [0.3, 0.4) is 0 Å². The summed E-state index contributed by atoms with van der Waals surface area (Å²) < 4.78 is 9.88. The summed E-state index contributed by atoms with van der Waals surface area (Å²) in [6, 6.07) is -0.0642. The van der Waals surface area contributed by atoms with Crippen molar-refractivity contribution in [3.63, 3.8) is 0 Å². The summed E-state index contributed by atoms with van der Waals surface area (Å²) in [4.78, 5) is 25.0. The molecule has 0 radical (unpaired) electrons. The molecule has 1 aliphatic rings. The van der Waals surface area contributed by atoms with Crippen LogP contribution in [0.15, 0.2) is 0 Å². The second kappa shape index (κ2) is 6.59. The second-order valence-electron chi connectivity index (χ2n) is 4.14. The summed E-state index contributed by atoms with van der Waals surface area (Å²) in [5.41, 5.74) is 0. The monoisotopic (exact) mass is 243 g/mol. The Kier molecular flexibility index (Phi) is 5.41. The van der Waals surface area contributed by atoms with Gasteiger partial charge in [-0.25, -0.2) is 0 Å². The topological polar surface area (TPSA) is 55.8 Å². The van der Waals surface area contributed by atoms with Gasteiger partial charge in [0.2, 0.25) is 0 Å². The fraction of sp³-hybridized carbons (Fsp3) is 0.833. The van der Waals surface area contributed by atoms with Gasteiger partial charge in [-0.3, -0.25) is 14.5 Å². The first-order chi connectivity index (χ1) is 8.10. The smallest absolute Gasteiger partial charge is 0.323 e. The number of nitrogens with zero attached hydrogens (tertiary/aromatic N) is 1. The van der Waals surface area contributed by atoms with Gasteiger partial charge in [-0.05, 0) is 33.6 Å². The maximum absolute atomic E-state index is 11.6. The van der Waals surface area contributed by atoms with Crippen LogP contribution in [0.4, 0.5) is 0 Å². The Morgan fingerprint density at radius 3 is 2.29 bits per heavy atom. The summed E-state index contributed by atoms with van der Waals surface area (Å²) in [6.07, 6.45) is 2.06. The average molecular weight is 243 g/mol. The molecule has 5 heteroatoms. The van der Waals surface area contributed by atoms with Gasteiger partial charge in [0.25, 0.3) is 0 Å². The lowest BCUT2D eigenvalue weighted by atomic mass is 10.2. The van der Waals surface area contributed by atoms with E-state index in [2.05, 4.69) is 0 Å². The third-order valence-corrected chi connectivity index (χ3v) is 2.76. The molecule has 0 heterocycles. The van der Waals surface area contributed by atoms with E-state index in [1.165, 1.54) is 0 Å². The Balaban J connectivity index is 2.52. The van der Waals surface area contributed by atoms with Crippen molar-refractivity contribution in [3.05, 3.63) is 0 Å². The van der Waals surface area contributed by atoms with Crippen molar-refractivity contribution >= 4 is 11.9 Å². The zero-order valence-electron chi connectivity index (χ0n) is 10.8. The van der Waals surface area contributed by atoms with Crippen LogP contribution in [-0.2, 0) is 19.1 Å². The summed E-state index contributed by atoms with van der Waals surface area (Å²) in [7, 11) is 0. The van der Waals surface area contributed by atoms with Gasteiger partial charge in [-0.15, -0.1) is 0 Å². The molecule has 1 saturated carbocycles. The van der Waals surface area contributed by atoms with Crippen LogP contribution in [0.1, 0.15) is 33.6 Å². The molecule has 1 unspecified atom stereocenters. The predicted molar refractivity (Wildman–Crippen MR) is 62.5 cm³/mol. The van der Waals surface area contributed by atoms with Crippen molar-refractivity contribution in [3.8, 4) is 0 Å². The lowest BCUT2D eigenvalue weighted by Gasteiger charge is -2.26. The Morgan fingerprint density at radius 2 is 1.82 bits per heavy atom. The Hall–Kier alpha value is -1.10. The fourth-order valence-electron chi connectivity index (χ4n) is 1.74. The lowest BCUT2D eigenvalue weighted by Crippen LogP contribution is -2.44. The number of hydrogen-bond donors (Lipinski definition) is 0. The van der Waals surface area contributed by atoms with Gasteiger partial charge in [0.05, 0.1) is 19.8 Å². The molecular weight excluding hydrogens is 222 g/mol. The van der Waals surface area contributed by atoms with E-state index in [1.54, 1.807) is 20.8 Å². The molecule has 98 valence electrons. The highest BCUT2D eigenvalue weighted by Gasteiger charge is 2.36. The molecule has 0 aromatic carbocycles. The second-order valence-corrected chi connectivity index (χ2v) is 4.14. The van der Waals surface area contributed by atoms with Gasteiger partial charge in [0.1, 0.15) is 6.04 Å². The molecule has 0 saturated heterocycles. The van der Waals surface area contributed by atoms with E-state index < -0.39 is 0 Å². The molecule has 0 N–H and O–H groups in total. The fourth-order valence-corrected chi connectivity index (χ4v) is 1.74. The Labute approximate surface area is 102 Å². The first-order valence-electron chi connectivity index (χ1n) is 6.18. The van der Waals surface area contributed by atoms with Gasteiger partial charge in [-0.1, -0.05) is 0 Å². The highest BCUT2D eigenvalue weighted by atomic mass is 16.5. The molecule has 0 bridgehead atoms. The van der Waals surface area contributed by atoms with E-state index >= 15 is 0 Å². The largest absolute Gasteiger partial charge is 0.465 e. The molecule has 0 amide bonds. The number of esters is 2. The van der Waals surface area contributed by atoms with Crippen LogP contribution >= 0.6 is 0 Å². The van der Waals surface area contributed by atoms with Crippen molar-refractivity contribution in [1.29, 1.82) is 0 Å². The van der Waals surface area contributed by atoms with Gasteiger partial charge in [0.15, 0.2) is 0 Å². The SMILES string of the molecule is CCOC(=O)CN(C1CC1)C(C)C(=O)OCC. The van der Waals surface area contributed by atoms with E-state index in [-0.39, 0.29) is 24.5 Å². The minimum absolute atomic E-state index is 0.165. The van der Waals surface area contributed by atoms with Gasteiger partial charge < -0.3 is 9.47 Å². The van der Waals surface area contributed by atoms with E-state index in [0.29, 0.717) is 19.3 Å². The molecule has 0 aliphatic heterocycles. The normalized spacial score (nSPS) is 16.7. The van der Waals surface area contributed by atoms with Crippen LogP contribution in [0.5, 0.6) is 0 Å². The summed E-state index contributed by atoms with van der Waals surface area (Å²) >= 11 is 0. The number of hydrogen-bond acceptors (Lipinski definition) is 5. The molecule has 1 aliphatic carbocycles. The van der Waals surface area contributed by atoms with Crippen LogP contribution in [0, 0.1) is 0 Å². The third kappa shape index (κ3) is 4.34. The summed E-state index contributed by atoms with van der Waals surface area (Å²) in [5.74, 6) is -0.556. The van der Waals surface area contributed by atoms with Crippen molar-refractivity contribution < 1.29 is 19.1 Å². The predicted octanol–water partition coefficient (Wildman–Crippen LogP) is 0.965. The Bertz CT molecular complexity index is 276. The van der Waals surface area contributed by atoms with Crippen LogP contribution in [-0.4, -0.2) is 48.7 Å². The molecule has 0 aromatic rings. The Morgan fingerprint density at radius 1 is 1.24 bits per heavy atom. The summed E-state index contributed by atoms with van der Waals surface area (Å²) in [5, 5.41) is 0. The standard InChI is InChI=1S/C12H21NO4/c1-4-16-11(14)8-13(10-6-7-10)9(3)12(15)17-5-2/h9-10H,4-8H2,1-3H3. The highest BCUT2D eigenvalue weighted by molar-refractivity contribution is 5.77. The molecule has 1 rings (SSSR count). The molecule has 5 nitrogen and oxygen atoms in total. The van der Waals surface area contributed by atoms with Crippen molar-refractivity contribution in [2.75, 3.05) is 19.8 Å². The third-order valence-electron chi connectivity index (χ3n) is 2.76. The van der Waals surface area contributed by atoms with Crippen LogP contribution in [0.2, 0.25) is 0 Å². The average Bonchev–Trinajstić information content (AvgIpc) is 3.09. The molecule has 0 spiro atoms. The van der Waals surface area contributed by atoms with Crippen LogP contribution in [0.25, 0.3) is 0 Å². The van der Waals surface area contributed by atoms with Crippen LogP contribution < -0.4 is 0 Å². The minimum Gasteiger partial charge on any atom is -0.465 e. The number of ether oxygens (including phenoxy) is 2. The zero-order valence-corrected chi connectivity index (χ0v) is 10.8. The van der Waals surface area contributed by atoms with Gasteiger partial charge >= 0.3 is 11.9 Å². The lowest BCUT2D eigenvalue weighted by molar-refractivity contribution is -0.152. The number of rotatable bonds is 7. The van der Waals surface area contributed by atoms with Crippen molar-refractivity contribution in [2.24, 2.45) is 0 Å². The van der Waals surface area contributed by atoms with E-state index in [1.807, 2.05) is 4.90 Å². The molecule has 0 aromatic heterocycles.